The summed E-state index contributed by atoms with van der Waals surface area (Å²) in [7, 11) is -1.73. The predicted molar refractivity (Wildman–Crippen MR) is 150 cm³/mol. The molecule has 2 heterocycles. The Morgan fingerprint density at radius 2 is 1.71 bits per heavy atom. The highest BCUT2D eigenvalue weighted by atomic mass is 32.2. The monoisotopic (exact) mass is 537 g/mol. The lowest BCUT2D eigenvalue weighted by molar-refractivity contribution is -0.140. The van der Waals surface area contributed by atoms with Crippen LogP contribution in [0.15, 0.2) is 59.5 Å². The molecule has 0 radical (unpaired) electrons. The molecule has 3 aromatic rings. The minimum atomic E-state index is -3.69. The first-order chi connectivity index (χ1) is 18.0. The second-order valence-corrected chi connectivity index (χ2v) is 13.3. The van der Waals surface area contributed by atoms with Gasteiger partial charge in [-0.25, -0.2) is 13.1 Å². The zero-order valence-corrected chi connectivity index (χ0v) is 23.4. The van der Waals surface area contributed by atoms with E-state index in [9.17, 15) is 18.3 Å². The maximum atomic E-state index is 13.3. The third-order valence-electron chi connectivity index (χ3n) is 8.53. The van der Waals surface area contributed by atoms with Crippen molar-refractivity contribution in [3.8, 4) is 11.3 Å². The Morgan fingerprint density at radius 1 is 1.00 bits per heavy atom. The average molecular weight is 538 g/mol. The number of sulfonamides is 1. The summed E-state index contributed by atoms with van der Waals surface area (Å²) in [6.45, 7) is 4.98. The molecule has 2 aromatic carbocycles. The molecule has 0 spiro atoms. The number of likely N-dealkylation sites (tertiary alicyclic amines) is 1. The number of piperidine rings is 1. The first-order valence-electron chi connectivity index (χ1n) is 13.7. The Hall–Kier alpha value is -2.68. The number of hydrogen-bond donors (Lipinski definition) is 2. The Balaban J connectivity index is 1.23. The molecule has 2 fully saturated rings. The van der Waals surface area contributed by atoms with E-state index in [1.807, 2.05) is 66.8 Å². The molecule has 1 saturated heterocycles. The third kappa shape index (κ3) is 5.53. The zero-order chi connectivity index (χ0) is 27.1. The summed E-state index contributed by atoms with van der Waals surface area (Å²) in [6.07, 6.45) is 4.48. The highest BCUT2D eigenvalue weighted by Gasteiger charge is 2.36. The fourth-order valence-corrected chi connectivity index (χ4v) is 7.45. The first kappa shape index (κ1) is 26.9. The lowest BCUT2D eigenvalue weighted by atomic mass is 9.82. The number of hydrogen-bond acceptors (Lipinski definition) is 4. The highest BCUT2D eigenvalue weighted by molar-refractivity contribution is 7.89. The molecule has 8 heteroatoms. The number of aliphatic hydroxyl groups is 1. The summed E-state index contributed by atoms with van der Waals surface area (Å²) < 4.78 is 31.5. The molecule has 2 N–H and O–H groups in total. The van der Waals surface area contributed by atoms with Crippen molar-refractivity contribution in [3.63, 3.8) is 0 Å². The molecule has 38 heavy (non-hydrogen) atoms. The van der Waals surface area contributed by atoms with Gasteiger partial charge in [0.05, 0.1) is 10.5 Å². The number of aryl methyl sites for hydroxylation is 1. The van der Waals surface area contributed by atoms with Crippen LogP contribution in [0.25, 0.3) is 22.2 Å². The van der Waals surface area contributed by atoms with Crippen molar-refractivity contribution in [2.45, 2.75) is 68.9 Å². The van der Waals surface area contributed by atoms with Gasteiger partial charge in [0, 0.05) is 54.6 Å². The van der Waals surface area contributed by atoms with E-state index in [1.54, 1.807) is 12.1 Å². The molecule has 1 saturated carbocycles. The van der Waals surface area contributed by atoms with E-state index in [0.29, 0.717) is 32.2 Å². The number of amides is 1. The average Bonchev–Trinajstić information content (AvgIpc) is 3.24. The van der Waals surface area contributed by atoms with Crippen LogP contribution in [0.4, 0.5) is 0 Å². The second-order valence-electron chi connectivity index (χ2n) is 11.6. The summed E-state index contributed by atoms with van der Waals surface area (Å²) in [6, 6.07) is 17.2. The zero-order valence-electron chi connectivity index (χ0n) is 22.6. The number of nitrogens with one attached hydrogen (secondary N) is 1. The second kappa shape index (κ2) is 10.5. The Labute approximate surface area is 225 Å². The molecule has 2 aliphatic rings. The van der Waals surface area contributed by atoms with E-state index in [2.05, 4.69) is 10.8 Å². The molecule has 0 bridgehead atoms. The van der Waals surface area contributed by atoms with Gasteiger partial charge in [-0.05, 0) is 76.1 Å². The van der Waals surface area contributed by atoms with Crippen LogP contribution >= 0.6 is 0 Å². The largest absolute Gasteiger partial charge is 0.390 e. The van der Waals surface area contributed by atoms with Crippen LogP contribution in [-0.2, 0) is 21.9 Å². The van der Waals surface area contributed by atoms with Gasteiger partial charge in [-0.3, -0.25) is 4.79 Å². The van der Waals surface area contributed by atoms with Crippen LogP contribution in [0.3, 0.4) is 0 Å². The van der Waals surface area contributed by atoms with E-state index < -0.39 is 15.6 Å². The number of aromatic nitrogens is 1. The normalized spacial score (nSPS) is 23.1. The molecule has 1 aliphatic carbocycles. The topological polar surface area (TPSA) is 91.6 Å². The predicted octanol–water partition coefficient (Wildman–Crippen LogP) is 4.69. The summed E-state index contributed by atoms with van der Waals surface area (Å²) in [5, 5.41) is 11.4. The number of carbonyl (C=O) groups is 1. The van der Waals surface area contributed by atoms with Gasteiger partial charge in [0.2, 0.25) is 15.9 Å². The van der Waals surface area contributed by atoms with Crippen molar-refractivity contribution in [1.29, 1.82) is 0 Å². The van der Waals surface area contributed by atoms with E-state index in [0.717, 1.165) is 41.5 Å². The molecular weight excluding hydrogens is 498 g/mol. The van der Waals surface area contributed by atoms with Gasteiger partial charge in [-0.2, -0.15) is 0 Å². The molecular formula is C30H39N3O4S. The van der Waals surface area contributed by atoms with Gasteiger partial charge < -0.3 is 14.6 Å². The smallest absolute Gasteiger partial charge is 0.240 e. The van der Waals surface area contributed by atoms with Gasteiger partial charge in [0.15, 0.2) is 0 Å². The minimum absolute atomic E-state index is 0.0764. The minimum Gasteiger partial charge on any atom is -0.390 e. The fraction of sp³-hybridized carbons (Fsp3) is 0.500. The van der Waals surface area contributed by atoms with Crippen LogP contribution in [0.5, 0.6) is 0 Å². The molecule has 7 nitrogen and oxygen atoms in total. The van der Waals surface area contributed by atoms with Crippen LogP contribution in [0.2, 0.25) is 0 Å². The standard InChI is InChI=1S/C30H39N3O4S/c1-30(2,35)24-10-7-17-33(20-24)29(34)22-11-14-25(15-12-22)31-38(36,37)26-16-13-23-18-27(32(3)28(23)19-26)21-8-5-4-6-9-21/h4-6,8-9,13,16,18-19,22,24-25,31,35H,7,10-12,14-15,17,20H2,1-3H3/t22-,24-,25-/m0/s1. The van der Waals surface area contributed by atoms with Crippen LogP contribution < -0.4 is 4.72 Å². The molecule has 1 amide bonds. The number of nitrogens with zero attached hydrogens (tertiary/aromatic N) is 2. The molecule has 0 unspecified atom stereocenters. The molecule has 204 valence electrons. The van der Waals surface area contributed by atoms with Crippen LogP contribution in [0, 0.1) is 11.8 Å². The first-order valence-corrected chi connectivity index (χ1v) is 15.2. The number of carbonyl (C=O) groups excluding carboxylic acids is 1. The maximum absolute atomic E-state index is 13.3. The summed E-state index contributed by atoms with van der Waals surface area (Å²) >= 11 is 0. The van der Waals surface area contributed by atoms with Gasteiger partial charge in [-0.15, -0.1) is 0 Å². The Kier molecular flexibility index (Phi) is 7.42. The quantitative estimate of drug-likeness (QED) is 0.477. The van der Waals surface area contributed by atoms with E-state index in [4.69, 9.17) is 0 Å². The van der Waals surface area contributed by atoms with E-state index in [-0.39, 0.29) is 28.7 Å². The van der Waals surface area contributed by atoms with Crippen molar-refractivity contribution in [2.75, 3.05) is 13.1 Å². The van der Waals surface area contributed by atoms with Gasteiger partial charge in [0.1, 0.15) is 0 Å². The van der Waals surface area contributed by atoms with Gasteiger partial charge in [-0.1, -0.05) is 36.4 Å². The maximum Gasteiger partial charge on any atom is 0.240 e. The Bertz CT molecular complexity index is 1400. The van der Waals surface area contributed by atoms with Crippen molar-refractivity contribution in [1.82, 2.24) is 14.2 Å². The van der Waals surface area contributed by atoms with Crippen molar-refractivity contribution in [2.24, 2.45) is 18.9 Å². The summed E-state index contributed by atoms with van der Waals surface area (Å²) in [4.78, 5) is 15.4. The summed E-state index contributed by atoms with van der Waals surface area (Å²) in [5.74, 6) is 0.171. The highest BCUT2D eigenvalue weighted by Crippen LogP contribution is 2.32. The Morgan fingerprint density at radius 3 is 2.39 bits per heavy atom. The number of benzene rings is 2. The van der Waals surface area contributed by atoms with Crippen LogP contribution in [-0.4, -0.2) is 53.6 Å². The van der Waals surface area contributed by atoms with Crippen molar-refractivity contribution < 1.29 is 18.3 Å². The lowest BCUT2D eigenvalue weighted by Crippen LogP contribution is -2.49. The molecule has 1 atom stereocenters. The molecule has 5 rings (SSSR count). The third-order valence-corrected chi connectivity index (χ3v) is 10.0. The number of rotatable bonds is 6. The van der Waals surface area contributed by atoms with Crippen molar-refractivity contribution >= 4 is 26.8 Å². The van der Waals surface area contributed by atoms with E-state index in [1.165, 1.54) is 0 Å². The van der Waals surface area contributed by atoms with Crippen LogP contribution in [0.1, 0.15) is 52.4 Å². The van der Waals surface area contributed by atoms with Crippen molar-refractivity contribution in [3.05, 3.63) is 54.6 Å². The fourth-order valence-electron chi connectivity index (χ4n) is 6.12. The van der Waals surface area contributed by atoms with E-state index >= 15 is 0 Å². The van der Waals surface area contributed by atoms with Gasteiger partial charge >= 0.3 is 0 Å². The lowest BCUT2D eigenvalue weighted by Gasteiger charge is -2.40. The molecule has 1 aliphatic heterocycles. The molecule has 1 aromatic heterocycles. The van der Waals surface area contributed by atoms with Gasteiger partial charge in [0.25, 0.3) is 0 Å². The SMILES string of the molecule is Cn1c(-c2ccccc2)cc2ccc(S(=O)(=O)N[C@H]3CC[C@H](C(=O)N4CCC[C@H](C(C)(C)O)C4)CC3)cc21. The summed E-state index contributed by atoms with van der Waals surface area (Å²) in [5.41, 5.74) is 2.20. The number of fused-ring (bicyclic) bond motifs is 1.